The normalized spacial score (nSPS) is 14.3. The summed E-state index contributed by atoms with van der Waals surface area (Å²) in [4.78, 5) is 25.6. The minimum absolute atomic E-state index is 0.0107. The van der Waals surface area contributed by atoms with E-state index in [-0.39, 0.29) is 19.1 Å². The Labute approximate surface area is 502 Å². The highest BCUT2D eigenvalue weighted by atomic mass is 31.2. The number of rotatable bonds is 62. The van der Waals surface area contributed by atoms with Gasteiger partial charge in [0.05, 0.1) is 39.9 Å². The van der Waals surface area contributed by atoms with Gasteiger partial charge in [-0.1, -0.05) is 317 Å². The van der Waals surface area contributed by atoms with Gasteiger partial charge in [-0.2, -0.15) is 0 Å². The number of aliphatic hydroxyl groups excluding tert-OH is 1. The average Bonchev–Trinajstić information content (AvgIpc) is 3.43. The number of quaternary nitrogens is 1. The predicted molar refractivity (Wildman–Crippen MR) is 353 cm³/mol. The van der Waals surface area contributed by atoms with Crippen molar-refractivity contribution in [2.75, 3.05) is 40.9 Å². The van der Waals surface area contributed by atoms with Crippen molar-refractivity contribution in [3.63, 3.8) is 0 Å². The van der Waals surface area contributed by atoms with Crippen LogP contribution < -0.4 is 10.2 Å². The number of hydrogen-bond acceptors (Lipinski definition) is 6. The molecule has 3 unspecified atom stereocenters. The Morgan fingerprint density at radius 3 is 1.10 bits per heavy atom. The van der Waals surface area contributed by atoms with Gasteiger partial charge in [0, 0.05) is 6.42 Å². The first-order chi connectivity index (χ1) is 39.5. The maximum absolute atomic E-state index is 13.0. The number of amides is 1. The summed E-state index contributed by atoms with van der Waals surface area (Å²) in [6.45, 7) is 4.63. The molecule has 81 heavy (non-hydrogen) atoms. The third-order valence-electron chi connectivity index (χ3n) is 15.1. The smallest absolute Gasteiger partial charge is 0.268 e. The second-order valence-electron chi connectivity index (χ2n) is 24.2. The van der Waals surface area contributed by atoms with Crippen LogP contribution in [0.3, 0.4) is 0 Å². The van der Waals surface area contributed by atoms with Gasteiger partial charge in [0.15, 0.2) is 0 Å². The molecule has 0 spiro atoms. The zero-order chi connectivity index (χ0) is 59.1. The van der Waals surface area contributed by atoms with Crippen molar-refractivity contribution in [3.8, 4) is 0 Å². The fourth-order valence-electron chi connectivity index (χ4n) is 9.82. The molecule has 0 saturated heterocycles. The zero-order valence-electron chi connectivity index (χ0n) is 53.7. The molecule has 0 saturated carbocycles. The standard InChI is InChI=1S/C72H131N2O6P/c1-6-8-10-12-14-16-18-20-22-24-26-27-28-29-30-31-32-33-34-35-36-37-38-39-40-41-42-43-44-45-46-47-48-50-52-54-56-58-60-62-64-66-72(76)73-70(69-80-81(77,78)79-68-67-74(3,4)5)71(75)65-63-61-59-57-55-53-51-49-25-23-21-19-17-15-13-11-9-7-2/h8,10,14,16,20,22,26-27,29-30,32-33,35-36,38-39,70-71,75H,6-7,9,11-13,15,17-19,21,23-25,28,31,34,37,40-69H2,1-5H3,(H-,73,76,77,78)/b10-8-,16-14-,22-20-,27-26-,30-29-,33-32-,36-35-,39-38-. The maximum atomic E-state index is 13.0. The summed E-state index contributed by atoms with van der Waals surface area (Å²) in [5, 5.41) is 14.1. The number of carbonyl (C=O) groups is 1. The van der Waals surface area contributed by atoms with Gasteiger partial charge in [-0.25, -0.2) is 0 Å². The number of allylic oxidation sites excluding steroid dienone is 16. The number of carbonyl (C=O) groups excluding carboxylic acids is 1. The lowest BCUT2D eigenvalue weighted by Crippen LogP contribution is -2.46. The Morgan fingerprint density at radius 1 is 0.444 bits per heavy atom. The van der Waals surface area contributed by atoms with E-state index in [2.05, 4.69) is 116 Å². The van der Waals surface area contributed by atoms with Crippen LogP contribution in [0.5, 0.6) is 0 Å². The van der Waals surface area contributed by atoms with Gasteiger partial charge in [-0.15, -0.1) is 0 Å². The van der Waals surface area contributed by atoms with Crippen molar-refractivity contribution >= 4 is 13.7 Å². The van der Waals surface area contributed by atoms with Crippen molar-refractivity contribution in [1.29, 1.82) is 0 Å². The lowest BCUT2D eigenvalue weighted by molar-refractivity contribution is -0.870. The number of nitrogens with zero attached hydrogens (tertiary/aromatic N) is 1. The molecule has 0 radical (unpaired) electrons. The van der Waals surface area contributed by atoms with E-state index in [1.807, 2.05) is 21.1 Å². The van der Waals surface area contributed by atoms with Crippen LogP contribution in [0.1, 0.15) is 303 Å². The molecular weight excluding hydrogens is 1020 g/mol. The molecular formula is C72H131N2O6P. The molecule has 1 amide bonds. The SMILES string of the molecule is CC/C=C\C/C=C\C/C=C\C/C=C\C/C=C\C/C=C\C/C=C\C/C=C\CCCCCCCCCCCCCCCCCCC(=O)NC(COP(=O)([O-])OCC[N+](C)(C)C)C(O)CCCCCCCCCCCCCCCCCCCC. The first-order valence-electron chi connectivity index (χ1n) is 34.1. The summed E-state index contributed by atoms with van der Waals surface area (Å²) in [6.07, 6.45) is 89.0. The van der Waals surface area contributed by atoms with Crippen LogP contribution in [-0.4, -0.2) is 68.5 Å². The molecule has 0 aromatic carbocycles. The third-order valence-corrected chi connectivity index (χ3v) is 16.1. The maximum Gasteiger partial charge on any atom is 0.268 e. The summed E-state index contributed by atoms with van der Waals surface area (Å²) in [5.41, 5.74) is 0. The second kappa shape index (κ2) is 62.0. The molecule has 0 aliphatic heterocycles. The molecule has 8 nitrogen and oxygen atoms in total. The highest BCUT2D eigenvalue weighted by Gasteiger charge is 2.24. The molecule has 0 rings (SSSR count). The Balaban J connectivity index is 3.98. The number of hydrogen-bond donors (Lipinski definition) is 2. The van der Waals surface area contributed by atoms with E-state index in [9.17, 15) is 19.4 Å². The van der Waals surface area contributed by atoms with Crippen molar-refractivity contribution in [2.45, 2.75) is 315 Å². The van der Waals surface area contributed by atoms with E-state index >= 15 is 0 Å². The number of nitrogens with one attached hydrogen (secondary N) is 1. The lowest BCUT2D eigenvalue weighted by atomic mass is 10.0. The van der Waals surface area contributed by atoms with Crippen LogP contribution in [0.25, 0.3) is 0 Å². The van der Waals surface area contributed by atoms with Crippen molar-refractivity contribution in [1.82, 2.24) is 5.32 Å². The van der Waals surface area contributed by atoms with E-state index in [4.69, 9.17) is 9.05 Å². The molecule has 2 N–H and O–H groups in total. The molecule has 0 aromatic rings. The Kier molecular flexibility index (Phi) is 60.0. The molecule has 0 heterocycles. The van der Waals surface area contributed by atoms with Crippen LogP contribution in [0.15, 0.2) is 97.2 Å². The van der Waals surface area contributed by atoms with Gasteiger partial charge in [-0.3, -0.25) is 9.36 Å². The van der Waals surface area contributed by atoms with Crippen LogP contribution in [0, 0.1) is 0 Å². The highest BCUT2D eigenvalue weighted by molar-refractivity contribution is 7.45. The minimum atomic E-state index is -4.58. The number of phosphoric ester groups is 1. The van der Waals surface area contributed by atoms with Gasteiger partial charge < -0.3 is 28.8 Å². The molecule has 470 valence electrons. The van der Waals surface area contributed by atoms with Gasteiger partial charge >= 0.3 is 0 Å². The summed E-state index contributed by atoms with van der Waals surface area (Å²) < 4.78 is 23.5. The Bertz CT molecular complexity index is 1640. The topological polar surface area (TPSA) is 108 Å². The van der Waals surface area contributed by atoms with Crippen LogP contribution in [0.2, 0.25) is 0 Å². The van der Waals surface area contributed by atoms with Gasteiger partial charge in [-0.05, 0) is 77.0 Å². The quantitative estimate of drug-likeness (QED) is 0.0272. The molecule has 0 aliphatic carbocycles. The van der Waals surface area contributed by atoms with Crippen LogP contribution in [-0.2, 0) is 18.4 Å². The largest absolute Gasteiger partial charge is 0.756 e. The molecule has 0 aliphatic rings. The van der Waals surface area contributed by atoms with Crippen molar-refractivity contribution in [3.05, 3.63) is 97.2 Å². The second-order valence-corrected chi connectivity index (χ2v) is 25.6. The molecule has 9 heteroatoms. The van der Waals surface area contributed by atoms with Crippen molar-refractivity contribution < 1.29 is 32.9 Å². The van der Waals surface area contributed by atoms with Gasteiger partial charge in [0.2, 0.25) is 5.91 Å². The highest BCUT2D eigenvalue weighted by Crippen LogP contribution is 2.38. The van der Waals surface area contributed by atoms with Crippen LogP contribution in [0.4, 0.5) is 0 Å². The lowest BCUT2D eigenvalue weighted by Gasteiger charge is -2.30. The molecule has 3 atom stereocenters. The Morgan fingerprint density at radius 2 is 0.753 bits per heavy atom. The molecule has 0 aromatic heterocycles. The van der Waals surface area contributed by atoms with E-state index in [1.54, 1.807) is 0 Å². The first kappa shape index (κ1) is 78.4. The summed E-state index contributed by atoms with van der Waals surface area (Å²) >= 11 is 0. The monoisotopic (exact) mass is 1150 g/mol. The first-order valence-corrected chi connectivity index (χ1v) is 35.5. The summed E-state index contributed by atoms with van der Waals surface area (Å²) in [5.74, 6) is -0.164. The number of phosphoric acid groups is 1. The molecule has 0 bridgehead atoms. The van der Waals surface area contributed by atoms with Gasteiger partial charge in [0.1, 0.15) is 13.2 Å². The van der Waals surface area contributed by atoms with Crippen molar-refractivity contribution in [2.24, 2.45) is 0 Å². The van der Waals surface area contributed by atoms with E-state index in [0.29, 0.717) is 23.9 Å². The van der Waals surface area contributed by atoms with Gasteiger partial charge in [0.25, 0.3) is 7.82 Å². The zero-order valence-corrected chi connectivity index (χ0v) is 54.6. The number of unbranched alkanes of at least 4 members (excludes halogenated alkanes) is 33. The molecule has 0 fully saturated rings. The minimum Gasteiger partial charge on any atom is -0.756 e. The summed E-state index contributed by atoms with van der Waals surface area (Å²) in [6, 6.07) is -0.805. The fourth-order valence-corrected chi connectivity index (χ4v) is 10.5. The van der Waals surface area contributed by atoms with E-state index in [0.717, 1.165) is 89.9 Å². The predicted octanol–water partition coefficient (Wildman–Crippen LogP) is 21.1. The fraction of sp³-hybridized carbons (Fsp3) is 0.764. The van der Waals surface area contributed by atoms with E-state index < -0.39 is 20.0 Å². The summed E-state index contributed by atoms with van der Waals surface area (Å²) in [7, 11) is 1.31. The number of likely N-dealkylation sites (N-methyl/N-ethyl adjacent to an activating group) is 1. The Hall–Kier alpha value is -2.58. The third kappa shape index (κ3) is 64.8. The number of aliphatic hydroxyl groups is 1. The van der Waals surface area contributed by atoms with E-state index in [1.165, 1.54) is 186 Å². The average molecular weight is 1150 g/mol. The van der Waals surface area contributed by atoms with Crippen LogP contribution >= 0.6 is 7.82 Å².